The first-order valence-corrected chi connectivity index (χ1v) is 8.26. The fraction of sp³-hybridized carbons (Fsp3) is 0.333. The molecule has 1 heterocycles. The number of nitriles is 1. The van der Waals surface area contributed by atoms with Gasteiger partial charge in [0.2, 0.25) is 0 Å². The summed E-state index contributed by atoms with van der Waals surface area (Å²) in [4.78, 5) is 4.37. The molecule has 2 aromatic rings. The molecule has 1 aromatic heterocycles. The zero-order valence-corrected chi connectivity index (χ0v) is 14.6. The SMILES string of the molecule is COc1ccc(/C=C(\C#N)c2nc(C)cs2)cc1OCC(C)C. The van der Waals surface area contributed by atoms with Crippen molar-refractivity contribution in [3.05, 3.63) is 39.8 Å². The first-order valence-electron chi connectivity index (χ1n) is 7.38. The number of hydrogen-bond donors (Lipinski definition) is 0. The highest BCUT2D eigenvalue weighted by atomic mass is 32.1. The lowest BCUT2D eigenvalue weighted by Gasteiger charge is -2.13. The summed E-state index contributed by atoms with van der Waals surface area (Å²) in [6.45, 7) is 6.71. The van der Waals surface area contributed by atoms with E-state index in [1.165, 1.54) is 11.3 Å². The molecular formula is C18H20N2O2S. The van der Waals surface area contributed by atoms with E-state index in [-0.39, 0.29) is 0 Å². The molecule has 0 aliphatic carbocycles. The quantitative estimate of drug-likeness (QED) is 0.729. The normalized spacial score (nSPS) is 11.4. The van der Waals surface area contributed by atoms with E-state index in [1.54, 1.807) is 7.11 Å². The van der Waals surface area contributed by atoms with E-state index in [2.05, 4.69) is 24.9 Å². The zero-order valence-electron chi connectivity index (χ0n) is 13.8. The third-order valence-electron chi connectivity index (χ3n) is 3.04. The van der Waals surface area contributed by atoms with E-state index in [0.29, 0.717) is 29.6 Å². The Balaban J connectivity index is 2.33. The van der Waals surface area contributed by atoms with Gasteiger partial charge in [-0.05, 0) is 36.6 Å². The molecule has 0 bridgehead atoms. The van der Waals surface area contributed by atoms with Crippen LogP contribution in [0.5, 0.6) is 11.5 Å². The minimum atomic E-state index is 0.423. The van der Waals surface area contributed by atoms with Crippen LogP contribution in [0.1, 0.15) is 30.1 Å². The lowest BCUT2D eigenvalue weighted by atomic mass is 10.1. The third-order valence-corrected chi connectivity index (χ3v) is 4.03. The second-order valence-corrected chi connectivity index (χ2v) is 6.44. The summed E-state index contributed by atoms with van der Waals surface area (Å²) in [5.41, 5.74) is 2.35. The second-order valence-electron chi connectivity index (χ2n) is 5.58. The number of hydrogen-bond acceptors (Lipinski definition) is 5. The van der Waals surface area contributed by atoms with Crippen molar-refractivity contribution in [3.8, 4) is 17.6 Å². The average Bonchev–Trinajstić information content (AvgIpc) is 2.97. The van der Waals surface area contributed by atoms with Crippen molar-refractivity contribution in [1.29, 1.82) is 5.26 Å². The van der Waals surface area contributed by atoms with Gasteiger partial charge in [-0.3, -0.25) is 0 Å². The summed E-state index contributed by atoms with van der Waals surface area (Å²) in [7, 11) is 1.62. The standard InChI is InChI=1S/C18H20N2O2S/c1-12(2)10-22-17-8-14(5-6-16(17)21-4)7-15(9-19)18-20-13(3)11-23-18/h5-8,11-12H,10H2,1-4H3/b15-7+. The number of methoxy groups -OCH3 is 1. The van der Waals surface area contributed by atoms with Gasteiger partial charge < -0.3 is 9.47 Å². The van der Waals surface area contributed by atoms with Gasteiger partial charge in [-0.1, -0.05) is 19.9 Å². The summed E-state index contributed by atoms with van der Waals surface area (Å²) in [5, 5.41) is 12.1. The Morgan fingerprint density at radius 1 is 1.39 bits per heavy atom. The number of allylic oxidation sites excluding steroid dienone is 1. The first kappa shape index (κ1) is 17.0. The van der Waals surface area contributed by atoms with Crippen molar-refractivity contribution in [1.82, 2.24) is 4.98 Å². The van der Waals surface area contributed by atoms with Crippen molar-refractivity contribution in [2.45, 2.75) is 20.8 Å². The summed E-state index contributed by atoms with van der Waals surface area (Å²) in [6.07, 6.45) is 1.82. The van der Waals surface area contributed by atoms with Gasteiger partial charge in [0.1, 0.15) is 11.1 Å². The average molecular weight is 328 g/mol. The van der Waals surface area contributed by atoms with Gasteiger partial charge in [-0.2, -0.15) is 5.26 Å². The first-order chi connectivity index (χ1) is 11.0. The molecule has 0 N–H and O–H groups in total. The predicted molar refractivity (Wildman–Crippen MR) is 93.7 cm³/mol. The third kappa shape index (κ3) is 4.57. The summed E-state index contributed by atoms with van der Waals surface area (Å²) < 4.78 is 11.1. The van der Waals surface area contributed by atoms with Crippen LogP contribution in [-0.2, 0) is 0 Å². The topological polar surface area (TPSA) is 55.1 Å². The maximum Gasteiger partial charge on any atom is 0.161 e. The maximum absolute atomic E-state index is 9.39. The number of thiazole rings is 1. The molecule has 0 spiro atoms. The van der Waals surface area contributed by atoms with E-state index >= 15 is 0 Å². The Bertz CT molecular complexity index is 742. The molecule has 1 aromatic carbocycles. The van der Waals surface area contributed by atoms with Crippen molar-refractivity contribution in [3.63, 3.8) is 0 Å². The van der Waals surface area contributed by atoms with Crippen LogP contribution < -0.4 is 9.47 Å². The molecule has 0 aliphatic heterocycles. The van der Waals surface area contributed by atoms with E-state index in [4.69, 9.17) is 9.47 Å². The summed E-state index contributed by atoms with van der Waals surface area (Å²) >= 11 is 1.47. The highest BCUT2D eigenvalue weighted by Gasteiger charge is 2.09. The van der Waals surface area contributed by atoms with Crippen molar-refractivity contribution >= 4 is 23.0 Å². The van der Waals surface area contributed by atoms with Gasteiger partial charge in [0.05, 0.1) is 19.3 Å². The van der Waals surface area contributed by atoms with E-state index in [9.17, 15) is 5.26 Å². The molecule has 23 heavy (non-hydrogen) atoms. The lowest BCUT2D eigenvalue weighted by molar-refractivity contribution is 0.257. The van der Waals surface area contributed by atoms with Crippen molar-refractivity contribution in [2.75, 3.05) is 13.7 Å². The number of aromatic nitrogens is 1. The molecule has 0 aliphatic rings. The van der Waals surface area contributed by atoms with Crippen LogP contribution in [0.3, 0.4) is 0 Å². The Morgan fingerprint density at radius 2 is 2.17 bits per heavy atom. The van der Waals surface area contributed by atoms with Crippen LogP contribution in [0.2, 0.25) is 0 Å². The lowest BCUT2D eigenvalue weighted by Crippen LogP contribution is -2.05. The highest BCUT2D eigenvalue weighted by molar-refractivity contribution is 7.11. The number of rotatable bonds is 6. The molecule has 0 saturated carbocycles. The molecule has 2 rings (SSSR count). The number of aryl methyl sites for hydroxylation is 1. The van der Waals surface area contributed by atoms with Crippen molar-refractivity contribution < 1.29 is 9.47 Å². The van der Waals surface area contributed by atoms with E-state index in [0.717, 1.165) is 16.3 Å². The Kier molecular flexibility index (Phi) is 5.78. The molecular weight excluding hydrogens is 308 g/mol. The van der Waals surface area contributed by atoms with E-state index < -0.39 is 0 Å². The minimum Gasteiger partial charge on any atom is -0.493 e. The largest absolute Gasteiger partial charge is 0.493 e. The summed E-state index contributed by atoms with van der Waals surface area (Å²) in [5.74, 6) is 1.79. The smallest absolute Gasteiger partial charge is 0.161 e. The molecule has 0 radical (unpaired) electrons. The van der Waals surface area contributed by atoms with Gasteiger partial charge in [-0.15, -0.1) is 11.3 Å². The van der Waals surface area contributed by atoms with E-state index in [1.807, 2.05) is 36.6 Å². The van der Waals surface area contributed by atoms with Crippen LogP contribution >= 0.6 is 11.3 Å². The molecule has 0 amide bonds. The minimum absolute atomic E-state index is 0.423. The molecule has 0 atom stereocenters. The molecule has 5 heteroatoms. The van der Waals surface area contributed by atoms with Gasteiger partial charge in [0.15, 0.2) is 11.5 Å². The number of benzene rings is 1. The van der Waals surface area contributed by atoms with Crippen LogP contribution in [0.4, 0.5) is 0 Å². The highest BCUT2D eigenvalue weighted by Crippen LogP contribution is 2.30. The van der Waals surface area contributed by atoms with Gasteiger partial charge in [-0.25, -0.2) is 4.98 Å². The summed E-state index contributed by atoms with van der Waals surface area (Å²) in [6, 6.07) is 7.86. The zero-order chi connectivity index (χ0) is 16.8. The Labute approximate surface area is 141 Å². The van der Waals surface area contributed by atoms with Crippen LogP contribution in [0.15, 0.2) is 23.6 Å². The number of ether oxygens (including phenoxy) is 2. The number of nitrogens with zero attached hydrogens (tertiary/aromatic N) is 2. The maximum atomic E-state index is 9.39. The molecule has 4 nitrogen and oxygen atoms in total. The van der Waals surface area contributed by atoms with Crippen LogP contribution in [-0.4, -0.2) is 18.7 Å². The monoisotopic (exact) mass is 328 g/mol. The fourth-order valence-corrected chi connectivity index (χ4v) is 2.70. The molecule has 120 valence electrons. The second kappa shape index (κ2) is 7.80. The Hall–Kier alpha value is -2.32. The molecule has 0 saturated heterocycles. The van der Waals surface area contributed by atoms with Gasteiger partial charge >= 0.3 is 0 Å². The fourth-order valence-electron chi connectivity index (χ4n) is 1.94. The van der Waals surface area contributed by atoms with Crippen LogP contribution in [0, 0.1) is 24.2 Å². The Morgan fingerprint density at radius 3 is 2.74 bits per heavy atom. The van der Waals surface area contributed by atoms with Crippen LogP contribution in [0.25, 0.3) is 11.6 Å². The molecule has 0 fully saturated rings. The van der Waals surface area contributed by atoms with Crippen molar-refractivity contribution in [2.24, 2.45) is 5.92 Å². The van der Waals surface area contributed by atoms with Gasteiger partial charge in [0.25, 0.3) is 0 Å². The molecule has 0 unspecified atom stereocenters. The predicted octanol–water partition coefficient (Wildman–Crippen LogP) is 4.56. The van der Waals surface area contributed by atoms with Gasteiger partial charge in [0, 0.05) is 11.1 Å².